The fourth-order valence-electron chi connectivity index (χ4n) is 1.85. The zero-order chi connectivity index (χ0) is 14.5. The minimum Gasteiger partial charge on any atom is -0.356 e. The van der Waals surface area contributed by atoms with E-state index < -0.39 is 0 Å². The third-order valence-corrected chi connectivity index (χ3v) is 4.03. The van der Waals surface area contributed by atoms with Crippen molar-refractivity contribution in [2.75, 3.05) is 5.32 Å². The first kappa shape index (κ1) is 13.9. The van der Waals surface area contributed by atoms with Gasteiger partial charge in [-0.2, -0.15) is 0 Å². The largest absolute Gasteiger partial charge is 0.356 e. The highest BCUT2D eigenvalue weighted by molar-refractivity contribution is 7.17. The Morgan fingerprint density at radius 3 is 2.24 bits per heavy atom. The van der Waals surface area contributed by atoms with E-state index in [-0.39, 0.29) is 0 Å². The van der Waals surface area contributed by atoms with Gasteiger partial charge < -0.3 is 5.32 Å². The lowest BCUT2D eigenvalue weighted by Crippen LogP contribution is -1.88. The van der Waals surface area contributed by atoms with Crippen LogP contribution >= 0.6 is 22.9 Å². The molecule has 0 unspecified atom stereocenters. The lowest BCUT2D eigenvalue weighted by Gasteiger charge is -2.05. The van der Waals surface area contributed by atoms with Crippen molar-refractivity contribution in [2.45, 2.75) is 0 Å². The minimum atomic E-state index is 0.777. The second-order valence-corrected chi connectivity index (χ2v) is 6.18. The molecule has 0 saturated heterocycles. The summed E-state index contributed by atoms with van der Waals surface area (Å²) in [5, 5.41) is 3.34. The van der Waals surface area contributed by atoms with Crippen LogP contribution in [0.5, 0.6) is 0 Å². The van der Waals surface area contributed by atoms with Gasteiger partial charge in [-0.1, -0.05) is 29.8 Å². The number of para-hydroxylation sites is 1. The Morgan fingerprint density at radius 1 is 0.857 bits per heavy atom. The first-order chi connectivity index (χ1) is 10.3. The molecule has 3 aromatic rings. The number of nitrogens with one attached hydrogen (secondary N) is 1. The molecule has 0 bridgehead atoms. The average Bonchev–Trinajstić information content (AvgIpc) is 2.93. The first-order valence-corrected chi connectivity index (χ1v) is 7.70. The molecule has 3 rings (SSSR count). The Labute approximate surface area is 132 Å². The van der Waals surface area contributed by atoms with Gasteiger partial charge in [0.25, 0.3) is 0 Å². The monoisotopic (exact) mass is 312 g/mol. The lowest BCUT2D eigenvalue weighted by atomic mass is 10.2. The fraction of sp³-hybridized carbons (Fsp3) is 0. The second-order valence-electron chi connectivity index (χ2n) is 4.44. The van der Waals surface area contributed by atoms with Crippen LogP contribution in [0.15, 0.2) is 71.7 Å². The average molecular weight is 313 g/mol. The lowest BCUT2D eigenvalue weighted by molar-refractivity contribution is 1.50. The van der Waals surface area contributed by atoms with Gasteiger partial charge in [0.2, 0.25) is 0 Å². The molecule has 2 nitrogen and oxygen atoms in total. The number of rotatable bonds is 4. The molecule has 2 aromatic carbocycles. The topological polar surface area (TPSA) is 24.4 Å². The molecule has 1 heterocycles. The van der Waals surface area contributed by atoms with E-state index in [1.807, 2.05) is 72.9 Å². The first-order valence-electron chi connectivity index (χ1n) is 6.51. The maximum Gasteiger partial charge on any atom is 0.0935 e. The van der Waals surface area contributed by atoms with Crippen LogP contribution in [0.25, 0.3) is 0 Å². The third-order valence-electron chi connectivity index (χ3n) is 2.86. The van der Waals surface area contributed by atoms with Crippen LogP contribution in [-0.4, -0.2) is 6.21 Å². The molecule has 21 heavy (non-hydrogen) atoms. The Balaban J connectivity index is 1.68. The summed E-state index contributed by atoms with van der Waals surface area (Å²) in [4.78, 5) is 5.48. The SMILES string of the molecule is Clc1ccc(C=Nc2ccc(Nc3ccccc3)cc2)s1. The highest BCUT2D eigenvalue weighted by Crippen LogP contribution is 2.22. The van der Waals surface area contributed by atoms with Crippen LogP contribution in [0, 0.1) is 0 Å². The molecule has 1 N–H and O–H groups in total. The van der Waals surface area contributed by atoms with E-state index in [1.54, 1.807) is 0 Å². The van der Waals surface area contributed by atoms with Crippen molar-refractivity contribution in [1.82, 2.24) is 0 Å². The van der Waals surface area contributed by atoms with E-state index in [9.17, 15) is 0 Å². The normalized spacial score (nSPS) is 10.9. The van der Waals surface area contributed by atoms with Crippen molar-refractivity contribution < 1.29 is 0 Å². The van der Waals surface area contributed by atoms with Crippen molar-refractivity contribution in [3.63, 3.8) is 0 Å². The molecule has 4 heteroatoms. The van der Waals surface area contributed by atoms with Crippen molar-refractivity contribution in [3.8, 4) is 0 Å². The van der Waals surface area contributed by atoms with Crippen molar-refractivity contribution in [1.29, 1.82) is 0 Å². The van der Waals surface area contributed by atoms with Crippen LogP contribution in [0.4, 0.5) is 17.1 Å². The molecule has 0 atom stereocenters. The maximum atomic E-state index is 5.89. The molecule has 104 valence electrons. The smallest absolute Gasteiger partial charge is 0.0935 e. The molecule has 0 saturated carbocycles. The molecule has 0 radical (unpaired) electrons. The van der Waals surface area contributed by atoms with Crippen LogP contribution in [0.1, 0.15) is 4.88 Å². The minimum absolute atomic E-state index is 0.777. The number of aliphatic imine (C=N–C) groups is 1. The molecule has 0 aliphatic rings. The summed E-state index contributed by atoms with van der Waals surface area (Å²) in [6, 6.07) is 21.9. The van der Waals surface area contributed by atoms with Crippen molar-refractivity contribution in [2.24, 2.45) is 4.99 Å². The number of anilines is 2. The number of hydrogen-bond acceptors (Lipinski definition) is 3. The summed E-state index contributed by atoms with van der Waals surface area (Å²) in [6.07, 6.45) is 1.83. The van der Waals surface area contributed by atoms with Gasteiger partial charge >= 0.3 is 0 Å². The summed E-state index contributed by atoms with van der Waals surface area (Å²) >= 11 is 7.40. The van der Waals surface area contributed by atoms with Crippen LogP contribution in [-0.2, 0) is 0 Å². The molecular weight excluding hydrogens is 300 g/mol. The predicted molar refractivity (Wildman–Crippen MR) is 92.7 cm³/mol. The highest BCUT2D eigenvalue weighted by atomic mass is 35.5. The van der Waals surface area contributed by atoms with Gasteiger partial charge in [-0.25, -0.2) is 0 Å². The van der Waals surface area contributed by atoms with Crippen LogP contribution in [0.2, 0.25) is 4.34 Å². The molecule has 0 aliphatic carbocycles. The van der Waals surface area contributed by atoms with Gasteiger partial charge in [0.1, 0.15) is 0 Å². The van der Waals surface area contributed by atoms with E-state index in [1.165, 1.54) is 11.3 Å². The molecule has 0 fully saturated rings. The summed E-state index contributed by atoms with van der Waals surface area (Å²) in [5.41, 5.74) is 3.03. The molecule has 0 aliphatic heterocycles. The van der Waals surface area contributed by atoms with Gasteiger partial charge in [0.15, 0.2) is 0 Å². The Morgan fingerprint density at radius 2 is 1.57 bits per heavy atom. The summed E-state index contributed by atoms with van der Waals surface area (Å²) in [6.45, 7) is 0. The van der Waals surface area contributed by atoms with Gasteiger partial charge in [0.05, 0.1) is 10.0 Å². The predicted octanol–water partition coefficient (Wildman–Crippen LogP) is 5.90. The van der Waals surface area contributed by atoms with E-state index in [0.29, 0.717) is 0 Å². The maximum absolute atomic E-state index is 5.89. The zero-order valence-corrected chi connectivity index (χ0v) is 12.7. The fourth-order valence-corrected chi connectivity index (χ4v) is 2.79. The molecular formula is C17H13ClN2S. The van der Waals surface area contributed by atoms with Gasteiger partial charge in [-0.05, 0) is 48.5 Å². The highest BCUT2D eigenvalue weighted by Gasteiger charge is 1.96. The van der Waals surface area contributed by atoms with Crippen LogP contribution < -0.4 is 5.32 Å². The number of benzene rings is 2. The van der Waals surface area contributed by atoms with E-state index in [2.05, 4.69) is 10.3 Å². The van der Waals surface area contributed by atoms with Gasteiger partial charge in [-0.3, -0.25) is 4.99 Å². The Hall–Kier alpha value is -2.10. The van der Waals surface area contributed by atoms with Crippen LogP contribution in [0.3, 0.4) is 0 Å². The van der Waals surface area contributed by atoms with E-state index >= 15 is 0 Å². The number of hydrogen-bond donors (Lipinski definition) is 1. The van der Waals surface area contributed by atoms with Crippen molar-refractivity contribution >= 4 is 46.2 Å². The van der Waals surface area contributed by atoms with E-state index in [0.717, 1.165) is 26.3 Å². The number of nitrogens with zero attached hydrogens (tertiary/aromatic N) is 1. The molecule has 0 spiro atoms. The zero-order valence-electron chi connectivity index (χ0n) is 11.2. The summed E-state index contributed by atoms with van der Waals surface area (Å²) < 4.78 is 0.777. The van der Waals surface area contributed by atoms with E-state index in [4.69, 9.17) is 11.6 Å². The third kappa shape index (κ3) is 3.94. The molecule has 0 amide bonds. The summed E-state index contributed by atoms with van der Waals surface area (Å²) in [7, 11) is 0. The molecule has 1 aromatic heterocycles. The van der Waals surface area contributed by atoms with Gasteiger partial charge in [-0.15, -0.1) is 11.3 Å². The van der Waals surface area contributed by atoms with Gasteiger partial charge in [0, 0.05) is 22.5 Å². The van der Waals surface area contributed by atoms with Crippen molar-refractivity contribution in [3.05, 3.63) is 75.9 Å². The Bertz CT molecular complexity index is 733. The Kier molecular flexibility index (Phi) is 4.34. The second kappa shape index (κ2) is 6.57. The summed E-state index contributed by atoms with van der Waals surface area (Å²) in [5.74, 6) is 0. The number of halogens is 1. The standard InChI is InChI=1S/C17H13ClN2S/c18-17-11-10-16(21-17)12-19-13-6-8-15(9-7-13)20-14-4-2-1-3-5-14/h1-12,20H. The number of thiophene rings is 1. The quantitative estimate of drug-likeness (QED) is 0.596.